The third-order valence-corrected chi connectivity index (χ3v) is 3.59. The van der Waals surface area contributed by atoms with Crippen LogP contribution in [0.1, 0.15) is 13.9 Å². The lowest BCUT2D eigenvalue weighted by Gasteiger charge is -2.07. The maximum absolute atomic E-state index is 8.09. The summed E-state index contributed by atoms with van der Waals surface area (Å²) < 4.78 is 21.7. The number of ether oxygens (including phenoxy) is 1. The first-order valence-corrected chi connectivity index (χ1v) is 10.5. The minimum absolute atomic E-state index is 0.373. The second-order valence-corrected chi connectivity index (χ2v) is 10.6. The highest BCUT2D eigenvalue weighted by molar-refractivity contribution is 6.83. The van der Waals surface area contributed by atoms with Crippen molar-refractivity contribution in [3.8, 4) is 17.2 Å². The highest BCUT2D eigenvalue weighted by Crippen LogP contribution is 2.16. The van der Waals surface area contributed by atoms with Gasteiger partial charge in [0.15, 0.2) is 5.69 Å². The lowest BCUT2D eigenvalue weighted by molar-refractivity contribution is 0.306. The van der Waals surface area contributed by atoms with Gasteiger partial charge < -0.3 is 4.74 Å². The molecule has 0 bridgehead atoms. The predicted octanol–water partition coefficient (Wildman–Crippen LogP) is 5.05. The normalized spacial score (nSPS) is 12.3. The van der Waals surface area contributed by atoms with Crippen LogP contribution in [0.4, 0.5) is 5.69 Å². The molecule has 0 spiro atoms. The molecule has 0 heterocycles. The summed E-state index contributed by atoms with van der Waals surface area (Å²) in [6, 6.07) is 13.4. The van der Waals surface area contributed by atoms with Crippen LogP contribution in [0.5, 0.6) is 5.75 Å². The Morgan fingerprint density at radius 1 is 1.09 bits per heavy atom. The van der Waals surface area contributed by atoms with Crippen LogP contribution in [0.3, 0.4) is 0 Å². The molecular weight excluding hydrogens is 286 g/mol. The van der Waals surface area contributed by atoms with Crippen molar-refractivity contribution in [2.75, 3.05) is 0 Å². The fraction of sp³-hybridized carbons (Fsp3) is 0.211. The van der Waals surface area contributed by atoms with Gasteiger partial charge in [0.1, 0.15) is 20.4 Å². The first-order valence-electron chi connectivity index (χ1n) is 8.00. The highest BCUT2D eigenvalue weighted by Gasteiger charge is 2.07. The average molecular weight is 307 g/mol. The Hall–Kier alpha value is -2.49. The Labute approximate surface area is 136 Å². The van der Waals surface area contributed by atoms with Crippen LogP contribution < -0.4 is 4.74 Å². The van der Waals surface area contributed by atoms with Crippen LogP contribution in [-0.2, 0) is 6.56 Å². The van der Waals surface area contributed by atoms with Crippen molar-refractivity contribution in [1.82, 2.24) is 0 Å². The van der Waals surface area contributed by atoms with Gasteiger partial charge in [-0.1, -0.05) is 49.8 Å². The summed E-state index contributed by atoms with van der Waals surface area (Å²) in [6.07, 6.45) is 0. The average Bonchev–Trinajstić information content (AvgIpc) is 2.53. The molecule has 0 amide bonds. The van der Waals surface area contributed by atoms with Gasteiger partial charge in [-0.05, 0) is 29.8 Å². The summed E-state index contributed by atoms with van der Waals surface area (Å²) in [5.74, 6) is 3.59. The van der Waals surface area contributed by atoms with Gasteiger partial charge in [0.2, 0.25) is 0 Å². The van der Waals surface area contributed by atoms with Crippen molar-refractivity contribution in [1.29, 1.82) is 0 Å². The molecule has 2 rings (SSSR count). The largest absolute Gasteiger partial charge is 0.489 e. The van der Waals surface area contributed by atoms with E-state index in [0.717, 1.165) is 5.56 Å². The summed E-state index contributed by atoms with van der Waals surface area (Å²) in [7, 11) is -1.42. The van der Waals surface area contributed by atoms with Gasteiger partial charge in [0.25, 0.3) is 0 Å². The molecule has 0 saturated carbocycles. The second-order valence-electron chi connectivity index (χ2n) is 5.89. The predicted molar refractivity (Wildman–Crippen MR) is 93.7 cm³/mol. The number of hydrogen-bond acceptors (Lipinski definition) is 1. The topological polar surface area (TPSA) is 13.6 Å². The Kier molecular flexibility index (Phi) is 4.18. The van der Waals surface area contributed by atoms with Gasteiger partial charge in [-0.3, -0.25) is 0 Å². The molecule has 3 heteroatoms. The first kappa shape index (κ1) is 13.2. The Morgan fingerprint density at radius 3 is 2.27 bits per heavy atom. The molecule has 0 saturated heterocycles. The first-order chi connectivity index (χ1) is 11.2. The molecular formula is C19H19NOSi. The zero-order valence-corrected chi connectivity index (χ0v) is 14.0. The van der Waals surface area contributed by atoms with Crippen molar-refractivity contribution in [2.45, 2.75) is 26.2 Å². The number of nitrogens with zero attached hydrogens (tertiary/aromatic N) is 1. The van der Waals surface area contributed by atoms with Gasteiger partial charge >= 0.3 is 0 Å². The molecule has 2 aromatic carbocycles. The van der Waals surface area contributed by atoms with Crippen molar-refractivity contribution in [2.24, 2.45) is 0 Å². The van der Waals surface area contributed by atoms with E-state index >= 15 is 0 Å². The molecule has 0 aliphatic heterocycles. The van der Waals surface area contributed by atoms with Crippen LogP contribution in [0, 0.1) is 18.0 Å². The molecule has 2 nitrogen and oxygen atoms in total. The number of hydrogen-bond donors (Lipinski definition) is 0. The molecule has 0 unspecified atom stereocenters. The van der Waals surface area contributed by atoms with Gasteiger partial charge in [-0.25, -0.2) is 4.85 Å². The maximum atomic E-state index is 8.09. The minimum atomic E-state index is -1.97. The van der Waals surface area contributed by atoms with Crippen molar-refractivity contribution >= 4 is 13.8 Å². The highest BCUT2D eigenvalue weighted by atomic mass is 28.3. The summed E-state index contributed by atoms with van der Waals surface area (Å²) in [4.78, 5) is 3.30. The van der Waals surface area contributed by atoms with E-state index in [1.165, 1.54) is 0 Å². The summed E-state index contributed by atoms with van der Waals surface area (Å²) >= 11 is 0. The second kappa shape index (κ2) is 6.98. The van der Waals surface area contributed by atoms with Crippen LogP contribution >= 0.6 is 0 Å². The lowest BCUT2D eigenvalue weighted by Crippen LogP contribution is -2.16. The van der Waals surface area contributed by atoms with Gasteiger partial charge in [-0.2, -0.15) is 0 Å². The van der Waals surface area contributed by atoms with Crippen LogP contribution in [-0.4, -0.2) is 8.07 Å². The van der Waals surface area contributed by atoms with Crippen molar-refractivity contribution < 1.29 is 7.48 Å². The van der Waals surface area contributed by atoms with E-state index in [9.17, 15) is 0 Å². The number of rotatable bonds is 3. The third kappa shape index (κ3) is 5.13. The smallest absolute Gasteiger partial charge is 0.187 e. The molecule has 0 radical (unpaired) electrons. The van der Waals surface area contributed by atoms with Crippen LogP contribution in [0.25, 0.3) is 4.85 Å². The van der Waals surface area contributed by atoms with Gasteiger partial charge in [0.05, 0.1) is 9.31 Å². The summed E-state index contributed by atoms with van der Waals surface area (Å²) in [5.41, 5.74) is 5.03. The van der Waals surface area contributed by atoms with E-state index in [2.05, 4.69) is 36.0 Å². The van der Waals surface area contributed by atoms with E-state index in [4.69, 9.17) is 14.1 Å². The monoisotopic (exact) mass is 307 g/mol. The standard InChI is InChI=1S/C19H19NOSi/c1-20-18-9-5-17(6-10-18)15-21-19-11-7-16(8-12-19)13-14-22(2,3)4/h5-12H,15H2,2-4H3/i15D2. The van der Waals surface area contributed by atoms with Crippen molar-refractivity contribution in [3.05, 3.63) is 71.1 Å². The summed E-state index contributed by atoms with van der Waals surface area (Å²) in [6.45, 7) is 11.5. The molecule has 0 N–H and O–H groups in total. The molecule has 0 aliphatic carbocycles. The van der Waals surface area contributed by atoms with E-state index < -0.39 is 14.6 Å². The molecule has 0 atom stereocenters. The van der Waals surface area contributed by atoms with E-state index in [0.29, 0.717) is 17.0 Å². The molecule has 2 aromatic rings. The zero-order chi connectivity index (χ0) is 17.8. The fourth-order valence-electron chi connectivity index (χ4n) is 1.59. The van der Waals surface area contributed by atoms with Crippen LogP contribution in [0.15, 0.2) is 48.5 Å². The molecule has 0 aliphatic rings. The molecule has 0 aromatic heterocycles. The lowest BCUT2D eigenvalue weighted by atomic mass is 10.2. The fourth-order valence-corrected chi connectivity index (χ4v) is 2.11. The molecule has 110 valence electrons. The minimum Gasteiger partial charge on any atom is -0.489 e. The summed E-state index contributed by atoms with van der Waals surface area (Å²) in [5, 5.41) is 0. The molecule has 22 heavy (non-hydrogen) atoms. The maximum Gasteiger partial charge on any atom is 0.187 e. The van der Waals surface area contributed by atoms with E-state index in [1.54, 1.807) is 36.4 Å². The quantitative estimate of drug-likeness (QED) is 0.440. The van der Waals surface area contributed by atoms with Gasteiger partial charge in [0, 0.05) is 5.56 Å². The van der Waals surface area contributed by atoms with Gasteiger partial charge in [-0.15, -0.1) is 5.54 Å². The number of benzene rings is 2. The van der Waals surface area contributed by atoms with Crippen molar-refractivity contribution in [3.63, 3.8) is 0 Å². The van der Waals surface area contributed by atoms with E-state index in [1.807, 2.05) is 12.1 Å². The SMILES string of the molecule is [2H]C([2H])(Oc1ccc(C#C[Si](C)(C)C)cc1)c1ccc([N+]#[C-])cc1. The Balaban J connectivity index is 2.14. The molecule has 0 fully saturated rings. The Bertz CT molecular complexity index is 804. The third-order valence-electron chi connectivity index (χ3n) is 2.72. The van der Waals surface area contributed by atoms with Crippen LogP contribution in [0.2, 0.25) is 19.6 Å². The van der Waals surface area contributed by atoms with E-state index in [-0.39, 0.29) is 0 Å². The Morgan fingerprint density at radius 2 is 1.73 bits per heavy atom. The zero-order valence-electron chi connectivity index (χ0n) is 15.0.